The van der Waals surface area contributed by atoms with Crippen molar-refractivity contribution in [3.05, 3.63) is 29.8 Å². The van der Waals surface area contributed by atoms with Gasteiger partial charge >= 0.3 is 6.09 Å². The van der Waals surface area contributed by atoms with Crippen LogP contribution in [-0.4, -0.2) is 59.7 Å². The lowest BCUT2D eigenvalue weighted by Crippen LogP contribution is -2.60. The van der Waals surface area contributed by atoms with E-state index >= 15 is 0 Å². The van der Waals surface area contributed by atoms with Crippen molar-refractivity contribution in [2.75, 3.05) is 20.2 Å². The summed E-state index contributed by atoms with van der Waals surface area (Å²) < 4.78 is 10.7. The zero-order valence-corrected chi connectivity index (χ0v) is 15.9. The molecule has 1 fully saturated rings. The number of nitrogens with zero attached hydrogens (tertiary/aromatic N) is 2. The van der Waals surface area contributed by atoms with Gasteiger partial charge in [-0.3, -0.25) is 4.79 Å². The number of benzene rings is 1. The van der Waals surface area contributed by atoms with Gasteiger partial charge in [-0.15, -0.1) is 0 Å². The lowest BCUT2D eigenvalue weighted by molar-refractivity contribution is -0.00788. The number of amides is 2. The molecule has 6 nitrogen and oxygen atoms in total. The molecule has 138 valence electrons. The molecular weight excluding hydrogens is 320 g/mol. The normalized spacial score (nSPS) is 21.0. The number of hydrogen-bond acceptors (Lipinski definition) is 4. The van der Waals surface area contributed by atoms with Crippen LogP contribution in [-0.2, 0) is 4.74 Å². The van der Waals surface area contributed by atoms with Crippen molar-refractivity contribution in [3.8, 4) is 5.75 Å². The molecule has 2 rings (SSSR count). The van der Waals surface area contributed by atoms with E-state index in [1.54, 1.807) is 35.1 Å². The highest BCUT2D eigenvalue weighted by Gasteiger charge is 2.36. The molecule has 1 aliphatic heterocycles. The van der Waals surface area contributed by atoms with Gasteiger partial charge in [0.1, 0.15) is 11.4 Å². The molecule has 2 atom stereocenters. The van der Waals surface area contributed by atoms with Gasteiger partial charge in [-0.1, -0.05) is 6.07 Å². The molecule has 0 saturated carbocycles. The maximum absolute atomic E-state index is 12.9. The van der Waals surface area contributed by atoms with E-state index in [4.69, 9.17) is 9.47 Å². The van der Waals surface area contributed by atoms with Gasteiger partial charge in [-0.25, -0.2) is 4.79 Å². The first-order chi connectivity index (χ1) is 11.6. The van der Waals surface area contributed by atoms with Gasteiger partial charge in [-0.05, 0) is 52.8 Å². The highest BCUT2D eigenvalue weighted by molar-refractivity contribution is 5.95. The molecule has 1 aromatic carbocycles. The Morgan fingerprint density at radius 2 is 1.68 bits per heavy atom. The van der Waals surface area contributed by atoms with Gasteiger partial charge in [0.05, 0.1) is 7.11 Å². The van der Waals surface area contributed by atoms with Crippen LogP contribution < -0.4 is 4.74 Å². The quantitative estimate of drug-likeness (QED) is 0.824. The fraction of sp³-hybridized carbons (Fsp3) is 0.579. The van der Waals surface area contributed by atoms with Gasteiger partial charge < -0.3 is 19.3 Å². The SMILES string of the molecule is COc1cccc(C(=O)N2CC(C)N(C(=O)OC(C)(C)C)CC2C)c1. The van der Waals surface area contributed by atoms with Crippen molar-refractivity contribution in [1.82, 2.24) is 9.80 Å². The zero-order chi connectivity index (χ0) is 18.8. The Balaban J connectivity index is 2.11. The number of piperazine rings is 1. The van der Waals surface area contributed by atoms with E-state index in [0.29, 0.717) is 24.4 Å². The van der Waals surface area contributed by atoms with E-state index < -0.39 is 5.60 Å². The monoisotopic (exact) mass is 348 g/mol. The number of carbonyl (C=O) groups excluding carboxylic acids is 2. The lowest BCUT2D eigenvalue weighted by Gasteiger charge is -2.44. The molecule has 25 heavy (non-hydrogen) atoms. The second-order valence-electron chi connectivity index (χ2n) is 7.52. The Hall–Kier alpha value is -2.24. The minimum absolute atomic E-state index is 0.0536. The third-order valence-corrected chi connectivity index (χ3v) is 4.19. The van der Waals surface area contributed by atoms with E-state index in [1.807, 2.05) is 40.7 Å². The average Bonchev–Trinajstić information content (AvgIpc) is 2.54. The number of carbonyl (C=O) groups is 2. The van der Waals surface area contributed by atoms with E-state index in [2.05, 4.69) is 0 Å². The summed E-state index contributed by atoms with van der Waals surface area (Å²) in [5.74, 6) is 0.598. The van der Waals surface area contributed by atoms with Gasteiger partial charge in [0.25, 0.3) is 5.91 Å². The molecule has 0 radical (unpaired) electrons. The summed E-state index contributed by atoms with van der Waals surface area (Å²) in [6.45, 7) is 10.3. The number of methoxy groups -OCH3 is 1. The first-order valence-electron chi connectivity index (χ1n) is 8.57. The summed E-state index contributed by atoms with van der Waals surface area (Å²) in [4.78, 5) is 28.8. The summed E-state index contributed by atoms with van der Waals surface area (Å²) in [5.41, 5.74) is 0.0530. The largest absolute Gasteiger partial charge is 0.497 e. The summed E-state index contributed by atoms with van der Waals surface area (Å²) in [6.07, 6.45) is -0.333. The van der Waals surface area contributed by atoms with E-state index in [-0.39, 0.29) is 24.1 Å². The van der Waals surface area contributed by atoms with Crippen LogP contribution in [0.5, 0.6) is 5.75 Å². The Labute approximate surface area is 149 Å². The maximum Gasteiger partial charge on any atom is 0.410 e. The Morgan fingerprint density at radius 3 is 2.28 bits per heavy atom. The van der Waals surface area contributed by atoms with Crippen molar-refractivity contribution in [2.24, 2.45) is 0 Å². The fourth-order valence-corrected chi connectivity index (χ4v) is 2.91. The van der Waals surface area contributed by atoms with Gasteiger partial charge in [-0.2, -0.15) is 0 Å². The lowest BCUT2D eigenvalue weighted by atomic mass is 10.1. The second kappa shape index (κ2) is 7.33. The zero-order valence-electron chi connectivity index (χ0n) is 15.9. The Kier molecular flexibility index (Phi) is 5.60. The predicted octanol–water partition coefficient (Wildman–Crippen LogP) is 3.17. The van der Waals surface area contributed by atoms with Crippen LogP contribution in [0.15, 0.2) is 24.3 Å². The van der Waals surface area contributed by atoms with Crippen LogP contribution in [0, 0.1) is 0 Å². The third kappa shape index (κ3) is 4.65. The fourth-order valence-electron chi connectivity index (χ4n) is 2.91. The molecule has 2 amide bonds. The van der Waals surface area contributed by atoms with Crippen LogP contribution in [0.2, 0.25) is 0 Å². The average molecular weight is 348 g/mol. The third-order valence-electron chi connectivity index (χ3n) is 4.19. The van der Waals surface area contributed by atoms with Crippen molar-refractivity contribution in [3.63, 3.8) is 0 Å². The van der Waals surface area contributed by atoms with E-state index in [0.717, 1.165) is 0 Å². The van der Waals surface area contributed by atoms with Crippen molar-refractivity contribution < 1.29 is 19.1 Å². The smallest absolute Gasteiger partial charge is 0.410 e. The predicted molar refractivity (Wildman–Crippen MR) is 95.9 cm³/mol. The summed E-state index contributed by atoms with van der Waals surface area (Å²) >= 11 is 0. The van der Waals surface area contributed by atoms with Gasteiger partial charge in [0.15, 0.2) is 0 Å². The van der Waals surface area contributed by atoms with Crippen molar-refractivity contribution in [2.45, 2.75) is 52.3 Å². The van der Waals surface area contributed by atoms with Crippen LogP contribution in [0.4, 0.5) is 4.79 Å². The summed E-state index contributed by atoms with van der Waals surface area (Å²) in [6, 6.07) is 6.92. The van der Waals surface area contributed by atoms with Crippen LogP contribution >= 0.6 is 0 Å². The van der Waals surface area contributed by atoms with Crippen molar-refractivity contribution in [1.29, 1.82) is 0 Å². The minimum Gasteiger partial charge on any atom is -0.497 e. The first-order valence-corrected chi connectivity index (χ1v) is 8.57. The molecule has 1 saturated heterocycles. The van der Waals surface area contributed by atoms with Crippen LogP contribution in [0.3, 0.4) is 0 Å². The molecule has 0 aliphatic carbocycles. The van der Waals surface area contributed by atoms with Gasteiger partial charge in [0, 0.05) is 30.7 Å². The van der Waals surface area contributed by atoms with Gasteiger partial charge in [0.2, 0.25) is 0 Å². The number of hydrogen-bond donors (Lipinski definition) is 0. The molecule has 0 bridgehead atoms. The summed E-state index contributed by atoms with van der Waals surface area (Å²) in [7, 11) is 1.58. The molecule has 0 spiro atoms. The highest BCUT2D eigenvalue weighted by atomic mass is 16.6. The molecule has 6 heteroatoms. The summed E-state index contributed by atoms with van der Waals surface area (Å²) in [5, 5.41) is 0. The molecule has 0 N–H and O–H groups in total. The molecule has 1 aliphatic rings. The van der Waals surface area contributed by atoms with Crippen molar-refractivity contribution >= 4 is 12.0 Å². The first kappa shape index (κ1) is 19.1. The molecule has 1 heterocycles. The highest BCUT2D eigenvalue weighted by Crippen LogP contribution is 2.22. The standard InChI is InChI=1S/C19H28N2O4/c1-13-12-21(18(23)25-19(3,4)5)14(2)11-20(13)17(22)15-8-7-9-16(10-15)24-6/h7-10,13-14H,11-12H2,1-6H3. The minimum atomic E-state index is -0.534. The molecule has 2 unspecified atom stereocenters. The topological polar surface area (TPSA) is 59.1 Å². The number of rotatable bonds is 2. The molecule has 1 aromatic rings. The van der Waals surface area contributed by atoms with E-state index in [1.165, 1.54) is 0 Å². The Bertz CT molecular complexity index is 639. The maximum atomic E-state index is 12.9. The Morgan fingerprint density at radius 1 is 1.08 bits per heavy atom. The van der Waals surface area contributed by atoms with Crippen LogP contribution in [0.1, 0.15) is 45.0 Å². The molecular formula is C19H28N2O4. The van der Waals surface area contributed by atoms with Crippen LogP contribution in [0.25, 0.3) is 0 Å². The number of ether oxygens (including phenoxy) is 2. The van der Waals surface area contributed by atoms with E-state index in [9.17, 15) is 9.59 Å². The second-order valence-corrected chi connectivity index (χ2v) is 7.52. The molecule has 0 aromatic heterocycles.